The summed E-state index contributed by atoms with van der Waals surface area (Å²) in [6, 6.07) is 7.37. The number of amides is 1. The Balaban J connectivity index is 0.00000225. The van der Waals surface area contributed by atoms with Crippen molar-refractivity contribution in [1.82, 2.24) is 15.3 Å². The maximum absolute atomic E-state index is 12.9. The number of carbonyl (C=O) groups is 1. The van der Waals surface area contributed by atoms with Crippen LogP contribution >= 0.6 is 23.7 Å². The van der Waals surface area contributed by atoms with Gasteiger partial charge in [-0.25, -0.2) is 4.98 Å². The fraction of sp³-hybridized carbons (Fsp3) is 0.350. The van der Waals surface area contributed by atoms with Gasteiger partial charge in [0, 0.05) is 22.2 Å². The summed E-state index contributed by atoms with van der Waals surface area (Å²) in [7, 11) is 1.61. The maximum atomic E-state index is 12.9. The molecule has 1 saturated heterocycles. The third kappa shape index (κ3) is 4.27. The fourth-order valence-corrected chi connectivity index (χ4v) is 4.44. The number of methoxy groups -OCH3 is 1. The van der Waals surface area contributed by atoms with Gasteiger partial charge in [0.05, 0.1) is 18.2 Å². The number of anilines is 1. The van der Waals surface area contributed by atoms with Gasteiger partial charge in [-0.2, -0.15) is 0 Å². The van der Waals surface area contributed by atoms with Crippen molar-refractivity contribution >= 4 is 45.7 Å². The molecule has 2 N–H and O–H groups in total. The van der Waals surface area contributed by atoms with Crippen LogP contribution in [0.25, 0.3) is 10.9 Å². The highest BCUT2D eigenvalue weighted by Crippen LogP contribution is 2.32. The van der Waals surface area contributed by atoms with Crippen LogP contribution in [0.1, 0.15) is 39.7 Å². The summed E-state index contributed by atoms with van der Waals surface area (Å²) in [6.45, 7) is 3.96. The molecule has 0 spiro atoms. The lowest BCUT2D eigenvalue weighted by atomic mass is 9.97. The highest BCUT2D eigenvalue weighted by Gasteiger charge is 2.19. The largest absolute Gasteiger partial charge is 0.497 e. The molecule has 0 saturated carbocycles. The summed E-state index contributed by atoms with van der Waals surface area (Å²) < 4.78 is 5.30. The van der Waals surface area contributed by atoms with Gasteiger partial charge in [-0.15, -0.1) is 23.7 Å². The summed E-state index contributed by atoms with van der Waals surface area (Å²) in [5.74, 6) is 1.05. The van der Waals surface area contributed by atoms with Crippen molar-refractivity contribution in [1.29, 1.82) is 0 Å². The Morgan fingerprint density at radius 1 is 1.29 bits per heavy atom. The molecule has 3 aromatic rings. The predicted molar refractivity (Wildman–Crippen MR) is 115 cm³/mol. The molecular weight excluding hydrogens is 396 g/mol. The number of carbonyl (C=O) groups excluding carboxylic acids is 1. The van der Waals surface area contributed by atoms with E-state index in [1.807, 2.05) is 31.3 Å². The molecule has 0 bridgehead atoms. The van der Waals surface area contributed by atoms with Crippen LogP contribution in [0.3, 0.4) is 0 Å². The summed E-state index contributed by atoms with van der Waals surface area (Å²) in [5, 5.41) is 7.74. The van der Waals surface area contributed by atoms with Gasteiger partial charge in [-0.3, -0.25) is 15.1 Å². The third-order valence-corrected chi connectivity index (χ3v) is 5.95. The van der Waals surface area contributed by atoms with E-state index < -0.39 is 0 Å². The lowest BCUT2D eigenvalue weighted by Gasteiger charge is -2.20. The molecular formula is C20H23ClN4O2S. The minimum atomic E-state index is -0.176. The van der Waals surface area contributed by atoms with Gasteiger partial charge >= 0.3 is 0 Å². The normalized spacial score (nSPS) is 14.5. The second-order valence-corrected chi connectivity index (χ2v) is 7.80. The lowest BCUT2D eigenvalue weighted by Crippen LogP contribution is -2.26. The topological polar surface area (TPSA) is 76.1 Å². The van der Waals surface area contributed by atoms with Crippen molar-refractivity contribution in [3.05, 3.63) is 46.6 Å². The molecule has 2 aromatic heterocycles. The summed E-state index contributed by atoms with van der Waals surface area (Å²) in [6.07, 6.45) is 4.13. The number of aromatic nitrogens is 2. The van der Waals surface area contributed by atoms with Crippen LogP contribution in [0.5, 0.6) is 5.75 Å². The molecule has 3 heterocycles. The molecule has 1 aliphatic rings. The number of fused-ring (bicyclic) bond motifs is 1. The predicted octanol–water partition coefficient (Wildman–Crippen LogP) is 4.15. The highest BCUT2D eigenvalue weighted by molar-refractivity contribution is 7.15. The number of hydrogen-bond acceptors (Lipinski definition) is 6. The number of nitrogens with zero attached hydrogens (tertiary/aromatic N) is 2. The summed E-state index contributed by atoms with van der Waals surface area (Å²) in [4.78, 5) is 23.1. The average Bonchev–Trinajstić information content (AvgIpc) is 3.16. The number of nitrogens with one attached hydrogen (secondary N) is 2. The standard InChI is InChI=1S/C20H22N4O2S.ClH/c1-12-9-16(15-10-14(26-2)3-4-17(15)23-12)19(25)24-20-22-11-18(27-20)13-5-7-21-8-6-13;/h3-4,9-11,13,21H,5-8H2,1-2H3,(H,22,24,25);1H. The molecule has 0 radical (unpaired) electrons. The number of benzene rings is 1. The van der Waals surface area contributed by atoms with Crippen LogP contribution in [0.4, 0.5) is 5.13 Å². The first-order chi connectivity index (χ1) is 13.1. The average molecular weight is 419 g/mol. The smallest absolute Gasteiger partial charge is 0.258 e. The number of halogens is 1. The van der Waals surface area contributed by atoms with Crippen molar-refractivity contribution in [2.24, 2.45) is 0 Å². The molecule has 1 amide bonds. The van der Waals surface area contributed by atoms with Crippen LogP contribution in [0.2, 0.25) is 0 Å². The van der Waals surface area contributed by atoms with Gasteiger partial charge in [0.25, 0.3) is 5.91 Å². The van der Waals surface area contributed by atoms with E-state index in [-0.39, 0.29) is 18.3 Å². The molecule has 1 aromatic carbocycles. The third-order valence-electron chi connectivity index (χ3n) is 4.87. The molecule has 1 fully saturated rings. The van der Waals surface area contributed by atoms with Crippen LogP contribution in [-0.2, 0) is 0 Å². The van der Waals surface area contributed by atoms with Crippen molar-refractivity contribution < 1.29 is 9.53 Å². The van der Waals surface area contributed by atoms with Gasteiger partial charge in [-0.05, 0) is 63.0 Å². The van der Waals surface area contributed by atoms with E-state index in [0.717, 1.165) is 42.5 Å². The SMILES string of the molecule is COc1ccc2nc(C)cc(C(=O)Nc3ncc(C4CCNCC4)s3)c2c1.Cl. The number of pyridine rings is 1. The number of rotatable bonds is 4. The lowest BCUT2D eigenvalue weighted by molar-refractivity contribution is 0.102. The maximum Gasteiger partial charge on any atom is 0.258 e. The van der Waals surface area contributed by atoms with E-state index in [1.165, 1.54) is 4.88 Å². The molecule has 4 rings (SSSR count). The van der Waals surface area contributed by atoms with Crippen LogP contribution in [0, 0.1) is 6.92 Å². The van der Waals surface area contributed by atoms with E-state index >= 15 is 0 Å². The van der Waals surface area contributed by atoms with Crippen LogP contribution in [-0.4, -0.2) is 36.1 Å². The molecule has 148 valence electrons. The molecule has 1 aliphatic heterocycles. The number of piperidine rings is 1. The monoisotopic (exact) mass is 418 g/mol. The van der Waals surface area contributed by atoms with Crippen LogP contribution in [0.15, 0.2) is 30.5 Å². The van der Waals surface area contributed by atoms with Crippen molar-refractivity contribution in [3.63, 3.8) is 0 Å². The number of ether oxygens (including phenoxy) is 1. The number of thiazole rings is 1. The Bertz CT molecular complexity index is 985. The van der Waals surface area contributed by atoms with E-state index in [0.29, 0.717) is 22.4 Å². The molecule has 6 nitrogen and oxygen atoms in total. The molecule has 0 unspecified atom stereocenters. The van der Waals surface area contributed by atoms with Gasteiger partial charge in [0.1, 0.15) is 5.75 Å². The van der Waals surface area contributed by atoms with Gasteiger partial charge in [-0.1, -0.05) is 0 Å². The molecule has 0 atom stereocenters. The first-order valence-electron chi connectivity index (χ1n) is 9.07. The Morgan fingerprint density at radius 3 is 2.82 bits per heavy atom. The Kier molecular flexibility index (Phi) is 6.49. The van der Waals surface area contributed by atoms with E-state index in [4.69, 9.17) is 4.74 Å². The fourth-order valence-electron chi connectivity index (χ4n) is 3.46. The van der Waals surface area contributed by atoms with Crippen molar-refractivity contribution in [2.45, 2.75) is 25.7 Å². The zero-order valence-corrected chi connectivity index (χ0v) is 17.5. The second-order valence-electron chi connectivity index (χ2n) is 6.74. The van der Waals surface area contributed by atoms with Crippen molar-refractivity contribution in [2.75, 3.05) is 25.5 Å². The van der Waals surface area contributed by atoms with E-state index in [1.54, 1.807) is 24.5 Å². The Labute approximate surface area is 174 Å². The van der Waals surface area contributed by atoms with E-state index in [2.05, 4.69) is 20.6 Å². The molecule has 28 heavy (non-hydrogen) atoms. The van der Waals surface area contributed by atoms with Crippen molar-refractivity contribution in [3.8, 4) is 5.75 Å². The highest BCUT2D eigenvalue weighted by atomic mass is 35.5. The first-order valence-corrected chi connectivity index (χ1v) is 9.89. The van der Waals surface area contributed by atoms with Crippen LogP contribution < -0.4 is 15.4 Å². The Morgan fingerprint density at radius 2 is 2.07 bits per heavy atom. The molecule has 8 heteroatoms. The first kappa shape index (κ1) is 20.5. The number of aryl methyl sites for hydroxylation is 1. The van der Waals surface area contributed by atoms with Gasteiger partial charge < -0.3 is 10.1 Å². The zero-order valence-electron chi connectivity index (χ0n) is 15.8. The van der Waals surface area contributed by atoms with E-state index in [9.17, 15) is 4.79 Å². The quantitative estimate of drug-likeness (QED) is 0.665. The van der Waals surface area contributed by atoms with Gasteiger partial charge in [0.15, 0.2) is 5.13 Å². The zero-order chi connectivity index (χ0) is 18.8. The number of hydrogen-bond donors (Lipinski definition) is 2. The molecule has 0 aliphatic carbocycles. The van der Waals surface area contributed by atoms with Gasteiger partial charge in [0.2, 0.25) is 0 Å². The summed E-state index contributed by atoms with van der Waals surface area (Å²) in [5.41, 5.74) is 2.15. The minimum absolute atomic E-state index is 0. The second kappa shape index (κ2) is 8.86. The minimum Gasteiger partial charge on any atom is -0.497 e. The summed E-state index contributed by atoms with van der Waals surface area (Å²) >= 11 is 1.57. The Hall–Kier alpha value is -2.22.